The van der Waals surface area contributed by atoms with Crippen molar-refractivity contribution in [2.24, 2.45) is 11.8 Å². The van der Waals surface area contributed by atoms with E-state index in [9.17, 15) is 9.59 Å². The van der Waals surface area contributed by atoms with Gasteiger partial charge >= 0.3 is 0 Å². The van der Waals surface area contributed by atoms with Crippen LogP contribution in [0, 0.1) is 18.8 Å². The minimum Gasteiger partial charge on any atom is -0.359 e. The van der Waals surface area contributed by atoms with Gasteiger partial charge in [0.1, 0.15) is 0 Å². The number of nitrogens with zero attached hydrogens (tertiary/aromatic N) is 1. The first-order valence-corrected chi connectivity index (χ1v) is 10.4. The first-order valence-electron chi connectivity index (χ1n) is 9.99. The average molecular weight is 388 g/mol. The second-order valence-corrected chi connectivity index (χ2v) is 8.11. The first kappa shape index (κ1) is 19.8. The molecule has 1 aromatic rings. The van der Waals surface area contributed by atoms with E-state index in [-0.39, 0.29) is 29.7 Å². The zero-order valence-electron chi connectivity index (χ0n) is 16.2. The summed E-state index contributed by atoms with van der Waals surface area (Å²) in [6.45, 7) is 4.85. The maximum Gasteiger partial charge on any atom is 0.233 e. The van der Waals surface area contributed by atoms with Gasteiger partial charge < -0.3 is 10.6 Å². The Kier molecular flexibility index (Phi) is 6.47. The smallest absolute Gasteiger partial charge is 0.233 e. The maximum absolute atomic E-state index is 12.9. The lowest BCUT2D eigenvalue weighted by Crippen LogP contribution is -2.61. The van der Waals surface area contributed by atoms with E-state index >= 15 is 0 Å². The fraction of sp³-hybridized carbons (Fsp3) is 0.571. The molecule has 27 heavy (non-hydrogen) atoms. The summed E-state index contributed by atoms with van der Waals surface area (Å²) in [5.74, 6) is 0.00448. The largest absolute Gasteiger partial charge is 0.359 e. The van der Waals surface area contributed by atoms with E-state index < -0.39 is 0 Å². The van der Waals surface area contributed by atoms with Crippen molar-refractivity contribution in [3.63, 3.8) is 0 Å². The van der Waals surface area contributed by atoms with E-state index in [4.69, 9.17) is 12.2 Å². The van der Waals surface area contributed by atoms with Crippen LogP contribution < -0.4 is 10.6 Å². The van der Waals surface area contributed by atoms with Gasteiger partial charge in [0.05, 0.1) is 5.92 Å². The quantitative estimate of drug-likeness (QED) is 0.578. The van der Waals surface area contributed by atoms with Crippen molar-refractivity contribution in [3.8, 4) is 0 Å². The average Bonchev–Trinajstić information content (AvgIpc) is 2.64. The number of amides is 2. The zero-order valence-corrected chi connectivity index (χ0v) is 17.0. The van der Waals surface area contributed by atoms with E-state index in [1.54, 1.807) is 4.90 Å². The molecule has 1 aromatic carbocycles. The van der Waals surface area contributed by atoms with Gasteiger partial charge in [0.2, 0.25) is 11.8 Å². The highest BCUT2D eigenvalue weighted by atomic mass is 32.1. The molecule has 0 spiro atoms. The van der Waals surface area contributed by atoms with Gasteiger partial charge in [-0.2, -0.15) is 0 Å². The number of carbonyl (C=O) groups is 2. The van der Waals surface area contributed by atoms with Gasteiger partial charge in [0.25, 0.3) is 0 Å². The summed E-state index contributed by atoms with van der Waals surface area (Å²) in [4.78, 5) is 27.3. The number of nitrogens with one attached hydrogen (secondary N) is 2. The molecule has 3 rings (SSSR count). The van der Waals surface area contributed by atoms with Gasteiger partial charge in [-0.05, 0) is 62.5 Å². The molecule has 146 valence electrons. The van der Waals surface area contributed by atoms with Crippen LogP contribution >= 0.6 is 12.2 Å². The number of hydrogen-bond acceptors (Lipinski definition) is 3. The number of aryl methyl sites for hydroxylation is 1. The van der Waals surface area contributed by atoms with E-state index in [1.807, 2.05) is 31.2 Å². The van der Waals surface area contributed by atoms with Crippen LogP contribution in [0.2, 0.25) is 0 Å². The number of rotatable bonds is 6. The van der Waals surface area contributed by atoms with Crippen LogP contribution in [0.1, 0.15) is 51.0 Å². The number of unbranched alkanes of at least 4 members (excludes halogenated alkanes) is 2. The molecule has 3 unspecified atom stereocenters. The Balaban J connectivity index is 1.59. The Morgan fingerprint density at radius 1 is 1.33 bits per heavy atom. The lowest BCUT2D eigenvalue weighted by molar-refractivity contribution is -0.137. The van der Waals surface area contributed by atoms with E-state index in [0.717, 1.165) is 43.4 Å². The Bertz CT molecular complexity index is 721. The summed E-state index contributed by atoms with van der Waals surface area (Å²) >= 11 is 5.44. The molecule has 2 N–H and O–H groups in total. The summed E-state index contributed by atoms with van der Waals surface area (Å²) in [5.41, 5.74) is 1.94. The Morgan fingerprint density at radius 2 is 2.15 bits per heavy atom. The Hall–Kier alpha value is -1.95. The van der Waals surface area contributed by atoms with Gasteiger partial charge in [-0.15, -0.1) is 0 Å². The molecular formula is C21H29N3O2S. The topological polar surface area (TPSA) is 61.4 Å². The molecule has 2 amide bonds. The molecule has 2 aliphatic rings. The third-order valence-electron chi connectivity index (χ3n) is 5.63. The lowest BCUT2D eigenvalue weighted by atomic mass is 9.76. The van der Waals surface area contributed by atoms with Crippen molar-refractivity contribution in [1.82, 2.24) is 10.2 Å². The number of carbonyl (C=O) groups excluding carboxylic acids is 2. The van der Waals surface area contributed by atoms with Crippen molar-refractivity contribution in [1.29, 1.82) is 0 Å². The molecule has 6 heteroatoms. The second kappa shape index (κ2) is 8.83. The molecule has 1 heterocycles. The number of thiocarbonyl (C=S) groups is 1. The second-order valence-electron chi connectivity index (χ2n) is 7.73. The predicted octanol–water partition coefficient (Wildman–Crippen LogP) is 3.63. The van der Waals surface area contributed by atoms with Crippen molar-refractivity contribution in [2.45, 2.75) is 58.4 Å². The lowest BCUT2D eigenvalue weighted by Gasteiger charge is -2.43. The van der Waals surface area contributed by atoms with E-state index in [0.29, 0.717) is 18.1 Å². The summed E-state index contributed by atoms with van der Waals surface area (Å²) in [6, 6.07) is 7.78. The molecule has 5 nitrogen and oxygen atoms in total. The van der Waals surface area contributed by atoms with Crippen molar-refractivity contribution in [2.75, 3.05) is 11.9 Å². The molecule has 1 saturated carbocycles. The molecule has 3 atom stereocenters. The Morgan fingerprint density at radius 3 is 2.89 bits per heavy atom. The molecule has 1 aliphatic heterocycles. The molecule has 0 radical (unpaired) electrons. The zero-order chi connectivity index (χ0) is 19.4. The maximum atomic E-state index is 12.9. The molecule has 0 bridgehead atoms. The van der Waals surface area contributed by atoms with E-state index in [2.05, 4.69) is 17.6 Å². The van der Waals surface area contributed by atoms with Gasteiger partial charge in [-0.25, -0.2) is 0 Å². The van der Waals surface area contributed by atoms with Crippen LogP contribution in [0.4, 0.5) is 5.69 Å². The van der Waals surface area contributed by atoms with Crippen LogP contribution in [-0.4, -0.2) is 34.4 Å². The Labute approximate surface area is 166 Å². The molecule has 1 aliphatic carbocycles. The minimum absolute atomic E-state index is 0.0320. The third kappa shape index (κ3) is 4.67. The number of benzene rings is 1. The molecule has 1 saturated heterocycles. The van der Waals surface area contributed by atoms with Crippen LogP contribution in [-0.2, 0) is 9.59 Å². The van der Waals surface area contributed by atoms with Crippen LogP contribution in [0.3, 0.4) is 0 Å². The molecule has 2 fully saturated rings. The number of anilines is 1. The summed E-state index contributed by atoms with van der Waals surface area (Å²) < 4.78 is 0. The van der Waals surface area contributed by atoms with Crippen molar-refractivity contribution >= 4 is 34.8 Å². The predicted molar refractivity (Wildman–Crippen MR) is 111 cm³/mol. The summed E-state index contributed by atoms with van der Waals surface area (Å²) in [5, 5.41) is 6.88. The summed E-state index contributed by atoms with van der Waals surface area (Å²) in [7, 11) is 0. The van der Waals surface area contributed by atoms with Gasteiger partial charge in [-0.3, -0.25) is 14.5 Å². The van der Waals surface area contributed by atoms with Crippen LogP contribution in [0.15, 0.2) is 24.3 Å². The molecule has 0 aromatic heterocycles. The van der Waals surface area contributed by atoms with Gasteiger partial charge in [-0.1, -0.05) is 31.9 Å². The first-order chi connectivity index (χ1) is 13.0. The highest BCUT2D eigenvalue weighted by Gasteiger charge is 2.43. The highest BCUT2D eigenvalue weighted by Crippen LogP contribution is 2.34. The van der Waals surface area contributed by atoms with Crippen LogP contribution in [0.5, 0.6) is 0 Å². The molecular weight excluding hydrogens is 358 g/mol. The van der Waals surface area contributed by atoms with E-state index in [1.165, 1.54) is 0 Å². The van der Waals surface area contributed by atoms with Crippen molar-refractivity contribution in [3.05, 3.63) is 29.8 Å². The fourth-order valence-electron chi connectivity index (χ4n) is 4.10. The highest BCUT2D eigenvalue weighted by molar-refractivity contribution is 7.80. The number of hydrogen-bond donors (Lipinski definition) is 2. The number of fused-ring (bicyclic) bond motifs is 1. The SMILES string of the molecule is CCCCCN1C(=O)C2CCC(C(=O)Nc3cccc(C)c3)CC2NC1=S. The van der Waals surface area contributed by atoms with Crippen molar-refractivity contribution < 1.29 is 9.59 Å². The van der Waals surface area contributed by atoms with Crippen LogP contribution in [0.25, 0.3) is 0 Å². The normalized spacial score (nSPS) is 25.0. The fourth-order valence-corrected chi connectivity index (χ4v) is 4.43. The van der Waals surface area contributed by atoms with Gasteiger partial charge in [0.15, 0.2) is 5.11 Å². The third-order valence-corrected chi connectivity index (χ3v) is 5.97. The summed E-state index contributed by atoms with van der Waals surface area (Å²) in [6.07, 6.45) is 5.31. The standard InChI is InChI=1S/C21H29N3O2S/c1-3-4-5-11-24-20(26)17-10-9-15(13-18(17)23-21(24)27)19(25)22-16-8-6-7-14(2)12-16/h6-8,12,15,17-18H,3-5,9-11,13H2,1-2H3,(H,22,25)(H,23,27). The monoisotopic (exact) mass is 387 g/mol. The minimum atomic E-state index is -0.0958. The van der Waals surface area contributed by atoms with Gasteiger partial charge in [0, 0.05) is 24.2 Å².